The molecular formula is C18H33N3. The van der Waals surface area contributed by atoms with Gasteiger partial charge in [-0.1, -0.05) is 34.1 Å². The van der Waals surface area contributed by atoms with Crippen molar-refractivity contribution in [3.8, 4) is 0 Å². The van der Waals surface area contributed by atoms with Gasteiger partial charge in [-0.3, -0.25) is 4.68 Å². The van der Waals surface area contributed by atoms with Crippen LogP contribution in [0.25, 0.3) is 0 Å². The van der Waals surface area contributed by atoms with Gasteiger partial charge in [0, 0.05) is 12.7 Å². The number of hydrogen-bond acceptors (Lipinski definition) is 2. The average Bonchev–Trinajstić information content (AvgIpc) is 2.85. The van der Waals surface area contributed by atoms with Gasteiger partial charge in [0.15, 0.2) is 0 Å². The molecule has 0 unspecified atom stereocenters. The SMILES string of the molecule is CCC(CC)n1ccc(CC2(CNCC(C)C)CCC2)n1. The van der Waals surface area contributed by atoms with Gasteiger partial charge in [0.05, 0.1) is 11.7 Å². The Kier molecular flexibility index (Phi) is 5.86. The third-order valence-corrected chi connectivity index (χ3v) is 5.00. The smallest absolute Gasteiger partial charge is 0.0630 e. The van der Waals surface area contributed by atoms with E-state index in [9.17, 15) is 0 Å². The molecule has 0 amide bonds. The lowest BCUT2D eigenvalue weighted by Crippen LogP contribution is -2.42. The number of nitrogens with zero attached hydrogens (tertiary/aromatic N) is 2. The molecule has 1 aliphatic rings. The quantitative estimate of drug-likeness (QED) is 0.739. The topological polar surface area (TPSA) is 29.9 Å². The Labute approximate surface area is 130 Å². The lowest BCUT2D eigenvalue weighted by Gasteiger charge is -2.42. The Hall–Kier alpha value is -0.830. The molecule has 0 aliphatic heterocycles. The van der Waals surface area contributed by atoms with Crippen molar-refractivity contribution in [2.45, 2.75) is 72.3 Å². The summed E-state index contributed by atoms with van der Waals surface area (Å²) in [5.41, 5.74) is 1.76. The molecule has 3 nitrogen and oxygen atoms in total. The minimum atomic E-state index is 0.474. The second-order valence-corrected chi connectivity index (χ2v) is 7.31. The summed E-state index contributed by atoms with van der Waals surface area (Å²) in [4.78, 5) is 0. The molecule has 1 aromatic rings. The van der Waals surface area contributed by atoms with Crippen molar-refractivity contribution in [2.75, 3.05) is 13.1 Å². The van der Waals surface area contributed by atoms with E-state index in [-0.39, 0.29) is 0 Å². The van der Waals surface area contributed by atoms with Crippen molar-refractivity contribution in [1.29, 1.82) is 0 Å². The van der Waals surface area contributed by atoms with Crippen LogP contribution >= 0.6 is 0 Å². The van der Waals surface area contributed by atoms with Crippen molar-refractivity contribution >= 4 is 0 Å². The average molecular weight is 291 g/mol. The molecule has 0 aromatic carbocycles. The van der Waals surface area contributed by atoms with Gasteiger partial charge in [-0.15, -0.1) is 0 Å². The van der Waals surface area contributed by atoms with Crippen LogP contribution in [0.5, 0.6) is 0 Å². The molecule has 0 bridgehead atoms. The molecule has 1 aromatic heterocycles. The largest absolute Gasteiger partial charge is 0.316 e. The second kappa shape index (κ2) is 7.44. The van der Waals surface area contributed by atoms with Gasteiger partial charge >= 0.3 is 0 Å². The van der Waals surface area contributed by atoms with Crippen molar-refractivity contribution in [1.82, 2.24) is 15.1 Å². The summed E-state index contributed by atoms with van der Waals surface area (Å²) in [7, 11) is 0. The maximum atomic E-state index is 4.85. The minimum Gasteiger partial charge on any atom is -0.316 e. The van der Waals surface area contributed by atoms with Crippen molar-refractivity contribution < 1.29 is 0 Å². The van der Waals surface area contributed by atoms with Gasteiger partial charge in [-0.2, -0.15) is 5.10 Å². The van der Waals surface area contributed by atoms with Crippen LogP contribution in [0.1, 0.15) is 71.5 Å². The molecular weight excluding hydrogens is 258 g/mol. The first-order valence-corrected chi connectivity index (χ1v) is 8.83. The third-order valence-electron chi connectivity index (χ3n) is 5.00. The zero-order valence-corrected chi connectivity index (χ0v) is 14.4. The number of rotatable bonds is 9. The Balaban J connectivity index is 1.92. The fourth-order valence-electron chi connectivity index (χ4n) is 3.44. The number of hydrogen-bond donors (Lipinski definition) is 1. The van der Waals surface area contributed by atoms with Gasteiger partial charge in [0.2, 0.25) is 0 Å². The van der Waals surface area contributed by atoms with Crippen molar-refractivity contribution in [2.24, 2.45) is 11.3 Å². The molecule has 1 N–H and O–H groups in total. The molecule has 0 radical (unpaired) electrons. The van der Waals surface area contributed by atoms with Crippen molar-refractivity contribution in [3.63, 3.8) is 0 Å². The Bertz CT molecular complexity index is 414. The Morgan fingerprint density at radius 2 is 2.00 bits per heavy atom. The zero-order chi connectivity index (χ0) is 15.3. The molecule has 0 atom stereocenters. The van der Waals surface area contributed by atoms with Crippen LogP contribution in [-0.4, -0.2) is 22.9 Å². The molecule has 120 valence electrons. The highest BCUT2D eigenvalue weighted by molar-refractivity contribution is 5.07. The van der Waals surface area contributed by atoms with E-state index in [4.69, 9.17) is 5.10 Å². The first-order chi connectivity index (χ1) is 10.1. The molecule has 1 fully saturated rings. The summed E-state index contributed by atoms with van der Waals surface area (Å²) in [6.07, 6.45) is 9.76. The van der Waals surface area contributed by atoms with Crippen LogP contribution in [0.3, 0.4) is 0 Å². The van der Waals surface area contributed by atoms with Gasteiger partial charge in [-0.25, -0.2) is 0 Å². The molecule has 1 heterocycles. The third kappa shape index (κ3) is 4.32. The standard InChI is InChI=1S/C18H33N3/c1-5-17(6-2)21-11-8-16(20-21)12-18(9-7-10-18)14-19-13-15(3)4/h8,11,15,17,19H,5-7,9-10,12-14H2,1-4H3. The lowest BCUT2D eigenvalue weighted by molar-refractivity contribution is 0.127. The van der Waals surface area contributed by atoms with E-state index in [2.05, 4.69) is 50.0 Å². The minimum absolute atomic E-state index is 0.474. The zero-order valence-electron chi connectivity index (χ0n) is 14.4. The first kappa shape index (κ1) is 16.5. The van der Waals surface area contributed by atoms with E-state index in [0.29, 0.717) is 11.5 Å². The summed E-state index contributed by atoms with van der Waals surface area (Å²) in [5, 5.41) is 8.52. The molecule has 1 aliphatic carbocycles. The monoisotopic (exact) mass is 291 g/mol. The summed E-state index contributed by atoms with van der Waals surface area (Å²) in [6.45, 7) is 11.3. The summed E-state index contributed by atoms with van der Waals surface area (Å²) >= 11 is 0. The Morgan fingerprint density at radius 1 is 1.29 bits per heavy atom. The normalized spacial score (nSPS) is 17.4. The molecule has 0 saturated heterocycles. The molecule has 21 heavy (non-hydrogen) atoms. The van der Waals surface area contributed by atoms with Crippen LogP contribution in [-0.2, 0) is 6.42 Å². The summed E-state index contributed by atoms with van der Waals surface area (Å²) in [6, 6.07) is 2.80. The predicted octanol–water partition coefficient (Wildman–Crippen LogP) is 4.20. The van der Waals surface area contributed by atoms with E-state index < -0.39 is 0 Å². The van der Waals surface area contributed by atoms with E-state index >= 15 is 0 Å². The summed E-state index contributed by atoms with van der Waals surface area (Å²) < 4.78 is 2.18. The van der Waals surface area contributed by atoms with E-state index in [0.717, 1.165) is 25.4 Å². The van der Waals surface area contributed by atoms with Gasteiger partial charge in [0.1, 0.15) is 0 Å². The molecule has 0 spiro atoms. The maximum absolute atomic E-state index is 4.85. The molecule has 2 rings (SSSR count). The highest BCUT2D eigenvalue weighted by atomic mass is 15.3. The van der Waals surface area contributed by atoms with Crippen molar-refractivity contribution in [3.05, 3.63) is 18.0 Å². The maximum Gasteiger partial charge on any atom is 0.0630 e. The van der Waals surface area contributed by atoms with Crippen LogP contribution in [0.4, 0.5) is 0 Å². The van der Waals surface area contributed by atoms with Gasteiger partial charge < -0.3 is 5.32 Å². The van der Waals surface area contributed by atoms with Gasteiger partial charge in [0.25, 0.3) is 0 Å². The van der Waals surface area contributed by atoms with E-state index in [1.54, 1.807) is 0 Å². The number of nitrogens with one attached hydrogen (secondary N) is 1. The highest BCUT2D eigenvalue weighted by Crippen LogP contribution is 2.43. The van der Waals surface area contributed by atoms with Crippen LogP contribution < -0.4 is 5.32 Å². The highest BCUT2D eigenvalue weighted by Gasteiger charge is 2.37. The van der Waals surface area contributed by atoms with E-state index in [1.165, 1.54) is 37.8 Å². The molecule has 1 saturated carbocycles. The van der Waals surface area contributed by atoms with Crippen LogP contribution in [0.15, 0.2) is 12.3 Å². The second-order valence-electron chi connectivity index (χ2n) is 7.31. The predicted molar refractivity (Wildman–Crippen MR) is 89.5 cm³/mol. The van der Waals surface area contributed by atoms with Crippen LogP contribution in [0, 0.1) is 11.3 Å². The van der Waals surface area contributed by atoms with E-state index in [1.807, 2.05) is 0 Å². The fourth-order valence-corrected chi connectivity index (χ4v) is 3.44. The first-order valence-electron chi connectivity index (χ1n) is 8.83. The molecule has 3 heteroatoms. The Morgan fingerprint density at radius 3 is 2.52 bits per heavy atom. The van der Waals surface area contributed by atoms with Gasteiger partial charge in [-0.05, 0) is 56.0 Å². The number of aromatic nitrogens is 2. The summed E-state index contributed by atoms with van der Waals surface area (Å²) in [5.74, 6) is 0.733. The lowest BCUT2D eigenvalue weighted by atomic mass is 9.66. The fraction of sp³-hybridized carbons (Fsp3) is 0.833. The van der Waals surface area contributed by atoms with Crippen LogP contribution in [0.2, 0.25) is 0 Å².